The molecule has 0 fully saturated rings. The number of fused-ring (bicyclic) bond motifs is 1. The zero-order valence-electron chi connectivity index (χ0n) is 19.2. The summed E-state index contributed by atoms with van der Waals surface area (Å²) in [6.07, 6.45) is 4.02. The average molecular weight is 468 g/mol. The van der Waals surface area contributed by atoms with Crippen LogP contribution in [0.1, 0.15) is 43.4 Å². The van der Waals surface area contributed by atoms with Crippen molar-refractivity contribution in [2.45, 2.75) is 50.8 Å². The molecule has 0 unspecified atom stereocenters. The molecule has 0 saturated carbocycles. The Balaban J connectivity index is 1.82. The summed E-state index contributed by atoms with van der Waals surface area (Å²) in [4.78, 5) is 12.8. The Kier molecular flexibility index (Phi) is 6.56. The number of para-hydroxylation sites is 2. The van der Waals surface area contributed by atoms with E-state index in [0.29, 0.717) is 41.3 Å². The summed E-state index contributed by atoms with van der Waals surface area (Å²) in [6.45, 7) is 4.21. The summed E-state index contributed by atoms with van der Waals surface area (Å²) in [5.74, 6) is 0.478. The number of nitrogens with zero attached hydrogens (tertiary/aromatic N) is 2. The number of sulfonamides is 1. The Morgan fingerprint density at radius 3 is 2.52 bits per heavy atom. The van der Waals surface area contributed by atoms with E-state index in [0.717, 1.165) is 36.8 Å². The number of hydrogen-bond donors (Lipinski definition) is 1. The highest BCUT2D eigenvalue weighted by Gasteiger charge is 2.24. The molecule has 1 heterocycles. The van der Waals surface area contributed by atoms with Gasteiger partial charge in [0.2, 0.25) is 0 Å². The number of aryl methyl sites for hydroxylation is 2. The van der Waals surface area contributed by atoms with E-state index in [1.165, 1.54) is 4.68 Å². The summed E-state index contributed by atoms with van der Waals surface area (Å²) in [5, 5.41) is 4.53. The van der Waals surface area contributed by atoms with Crippen LogP contribution in [0.25, 0.3) is 11.3 Å². The summed E-state index contributed by atoms with van der Waals surface area (Å²) >= 11 is 0. The molecule has 1 N–H and O–H groups in total. The van der Waals surface area contributed by atoms with Crippen molar-refractivity contribution in [3.05, 3.63) is 69.5 Å². The fourth-order valence-corrected chi connectivity index (χ4v) is 5.77. The lowest BCUT2D eigenvalue weighted by molar-refractivity contribution is 0.342. The molecule has 0 aliphatic heterocycles. The molecule has 1 aromatic heterocycles. The lowest BCUT2D eigenvalue weighted by Gasteiger charge is -2.20. The van der Waals surface area contributed by atoms with Crippen LogP contribution >= 0.6 is 0 Å². The van der Waals surface area contributed by atoms with Crippen molar-refractivity contribution in [2.75, 3.05) is 11.3 Å². The van der Waals surface area contributed by atoms with Crippen LogP contribution in [0.4, 0.5) is 5.69 Å². The van der Waals surface area contributed by atoms with Gasteiger partial charge in [0.25, 0.3) is 15.6 Å². The normalized spacial score (nSPS) is 13.4. The molecular weight excluding hydrogens is 438 g/mol. The highest BCUT2D eigenvalue weighted by atomic mass is 32.2. The van der Waals surface area contributed by atoms with Crippen molar-refractivity contribution >= 4 is 15.7 Å². The van der Waals surface area contributed by atoms with Gasteiger partial charge in [-0.2, -0.15) is 5.10 Å². The molecule has 0 atom stereocenters. The number of anilines is 1. The molecule has 0 bridgehead atoms. The molecule has 0 amide bonds. The fraction of sp³-hybridized carbons (Fsp3) is 0.360. The van der Waals surface area contributed by atoms with Gasteiger partial charge in [-0.3, -0.25) is 9.52 Å². The minimum absolute atomic E-state index is 0.0688. The third-order valence-corrected chi connectivity index (χ3v) is 7.45. The maximum absolute atomic E-state index is 13.5. The van der Waals surface area contributed by atoms with E-state index in [1.54, 1.807) is 37.4 Å². The van der Waals surface area contributed by atoms with E-state index in [4.69, 9.17) is 4.74 Å². The van der Waals surface area contributed by atoms with Gasteiger partial charge in [-0.15, -0.1) is 0 Å². The second-order valence-corrected chi connectivity index (χ2v) is 9.80. The van der Waals surface area contributed by atoms with Crippen LogP contribution in [0.5, 0.6) is 5.75 Å². The fourth-order valence-electron chi connectivity index (χ4n) is 4.36. The van der Waals surface area contributed by atoms with Gasteiger partial charge in [0, 0.05) is 18.2 Å². The van der Waals surface area contributed by atoms with E-state index in [1.807, 2.05) is 26.0 Å². The Morgan fingerprint density at radius 2 is 1.79 bits per heavy atom. The summed E-state index contributed by atoms with van der Waals surface area (Å²) in [5.41, 5.74) is 4.14. The quantitative estimate of drug-likeness (QED) is 0.565. The van der Waals surface area contributed by atoms with Gasteiger partial charge in [0.15, 0.2) is 0 Å². The number of nitrogens with one attached hydrogen (secondary N) is 1. The van der Waals surface area contributed by atoms with Crippen LogP contribution in [0.2, 0.25) is 0 Å². The van der Waals surface area contributed by atoms with E-state index >= 15 is 0 Å². The van der Waals surface area contributed by atoms with Gasteiger partial charge in [-0.25, -0.2) is 13.1 Å². The van der Waals surface area contributed by atoms with Gasteiger partial charge in [-0.05, 0) is 68.4 Å². The summed E-state index contributed by atoms with van der Waals surface area (Å²) < 4.78 is 36.6. The first-order valence-corrected chi connectivity index (χ1v) is 12.8. The number of aromatic nitrogens is 2. The number of hydrogen-bond acceptors (Lipinski definition) is 5. The van der Waals surface area contributed by atoms with Gasteiger partial charge < -0.3 is 4.74 Å². The van der Waals surface area contributed by atoms with Crippen LogP contribution < -0.4 is 15.0 Å². The van der Waals surface area contributed by atoms with Crippen molar-refractivity contribution in [1.82, 2.24) is 9.78 Å². The Morgan fingerprint density at radius 1 is 1.06 bits per heavy atom. The minimum atomic E-state index is -3.89. The molecular formula is C25H29N3O4S. The summed E-state index contributed by atoms with van der Waals surface area (Å²) in [6, 6.07) is 12.4. The van der Waals surface area contributed by atoms with Crippen molar-refractivity contribution in [1.29, 1.82) is 0 Å². The topological polar surface area (TPSA) is 90.3 Å². The Hall–Kier alpha value is -3.13. The molecule has 8 heteroatoms. The molecule has 1 aliphatic rings. The molecule has 174 valence electrons. The smallest absolute Gasteiger partial charge is 0.269 e. The SMILES string of the molecule is CCOc1ccccc1NS(=O)(=O)c1cc(-c2nn(C)c(=O)c3c2CCCC3)ccc1CC. The standard InChI is InChI=1S/C25H29N3O4S/c1-4-17-14-15-18(24-19-10-6-7-11-20(19)25(29)28(3)26-24)16-23(17)33(30,31)27-21-12-8-9-13-22(21)32-5-2/h8-9,12-16,27H,4-7,10-11H2,1-3H3. The maximum atomic E-state index is 13.5. The van der Waals surface area contributed by atoms with Gasteiger partial charge in [0.1, 0.15) is 5.75 Å². The predicted octanol–water partition coefficient (Wildman–Crippen LogP) is 4.09. The van der Waals surface area contributed by atoms with Crippen molar-refractivity contribution < 1.29 is 13.2 Å². The molecule has 33 heavy (non-hydrogen) atoms. The first-order valence-electron chi connectivity index (χ1n) is 11.3. The zero-order valence-corrected chi connectivity index (χ0v) is 20.0. The molecule has 1 aliphatic carbocycles. The average Bonchev–Trinajstić information content (AvgIpc) is 2.82. The van der Waals surface area contributed by atoms with Gasteiger partial charge in [-0.1, -0.05) is 31.2 Å². The van der Waals surface area contributed by atoms with Crippen molar-refractivity contribution in [2.24, 2.45) is 7.05 Å². The molecule has 2 aromatic carbocycles. The lowest BCUT2D eigenvalue weighted by atomic mass is 9.89. The lowest BCUT2D eigenvalue weighted by Crippen LogP contribution is -2.28. The van der Waals surface area contributed by atoms with Crippen LogP contribution in [0, 0.1) is 0 Å². The largest absolute Gasteiger partial charge is 0.492 e. The van der Waals surface area contributed by atoms with Gasteiger partial charge in [0.05, 0.1) is 22.9 Å². The number of ether oxygens (including phenoxy) is 1. The molecule has 3 aromatic rings. The minimum Gasteiger partial charge on any atom is -0.492 e. The predicted molar refractivity (Wildman–Crippen MR) is 129 cm³/mol. The highest BCUT2D eigenvalue weighted by molar-refractivity contribution is 7.92. The number of benzene rings is 2. The summed E-state index contributed by atoms with van der Waals surface area (Å²) in [7, 11) is -2.25. The molecule has 4 rings (SSSR count). The zero-order chi connectivity index (χ0) is 23.6. The molecule has 0 radical (unpaired) electrons. The Bertz CT molecular complexity index is 1350. The molecule has 0 spiro atoms. The van der Waals surface area contributed by atoms with Gasteiger partial charge >= 0.3 is 0 Å². The maximum Gasteiger partial charge on any atom is 0.269 e. The van der Waals surface area contributed by atoms with Crippen LogP contribution in [0.15, 0.2) is 52.2 Å². The van der Waals surface area contributed by atoms with E-state index in [-0.39, 0.29) is 10.5 Å². The first kappa shape index (κ1) is 23.0. The van der Waals surface area contributed by atoms with Crippen LogP contribution in [-0.4, -0.2) is 24.8 Å². The van der Waals surface area contributed by atoms with E-state index in [2.05, 4.69) is 9.82 Å². The Labute approximate surface area is 194 Å². The van der Waals surface area contributed by atoms with Crippen LogP contribution in [-0.2, 0) is 36.3 Å². The monoisotopic (exact) mass is 467 g/mol. The van der Waals surface area contributed by atoms with Crippen LogP contribution in [0.3, 0.4) is 0 Å². The number of rotatable bonds is 7. The third kappa shape index (κ3) is 4.53. The second-order valence-electron chi connectivity index (χ2n) is 8.15. The van der Waals surface area contributed by atoms with Crippen molar-refractivity contribution in [3.63, 3.8) is 0 Å². The first-order chi connectivity index (χ1) is 15.9. The molecule has 7 nitrogen and oxygen atoms in total. The molecule has 0 saturated heterocycles. The second kappa shape index (κ2) is 9.39. The van der Waals surface area contributed by atoms with E-state index < -0.39 is 10.0 Å². The van der Waals surface area contributed by atoms with E-state index in [9.17, 15) is 13.2 Å². The highest BCUT2D eigenvalue weighted by Crippen LogP contribution is 2.32. The third-order valence-electron chi connectivity index (χ3n) is 6.00. The van der Waals surface area contributed by atoms with Crippen molar-refractivity contribution in [3.8, 4) is 17.0 Å².